The quantitative estimate of drug-likeness (QED) is 0.0892. The number of hydrogen-bond acceptors (Lipinski definition) is 4. The number of thiocarbonyl (C=S) groups is 1. The van der Waals surface area contributed by atoms with E-state index in [4.69, 9.17) is 28.6 Å². The third-order valence-corrected chi connectivity index (χ3v) is 7.40. The normalized spacial score (nSPS) is 15.8. The molecule has 206 valence electrons. The van der Waals surface area contributed by atoms with Crippen LogP contribution in [0.5, 0.6) is 11.5 Å². The first-order chi connectivity index (χ1) is 20.6. The van der Waals surface area contributed by atoms with Gasteiger partial charge in [0.05, 0.1) is 11.3 Å². The number of amides is 1. The van der Waals surface area contributed by atoms with Gasteiger partial charge in [0.2, 0.25) is 0 Å². The van der Waals surface area contributed by atoms with E-state index in [9.17, 15) is 4.79 Å². The van der Waals surface area contributed by atoms with E-state index >= 15 is 0 Å². The zero-order chi connectivity index (χ0) is 28.9. The molecule has 0 radical (unpaired) electrons. The minimum atomic E-state index is -0.758. The van der Waals surface area contributed by atoms with Crippen molar-refractivity contribution in [3.8, 4) is 11.5 Å². The summed E-state index contributed by atoms with van der Waals surface area (Å²) in [6, 6.07) is 45.1. The second-order valence-corrected chi connectivity index (χ2v) is 10.4. The van der Waals surface area contributed by atoms with Gasteiger partial charge in [0.15, 0.2) is 5.11 Å². The fraction of sp³-hybridized carbons (Fsp3) is 0.0286. The van der Waals surface area contributed by atoms with Crippen molar-refractivity contribution in [2.75, 3.05) is 9.80 Å². The van der Waals surface area contributed by atoms with Crippen LogP contribution in [0.15, 0.2) is 145 Å². The number of hydrogen-bond donors (Lipinski definition) is 1. The Balaban J connectivity index is 1.25. The molecule has 5 aromatic rings. The molecule has 1 unspecified atom stereocenters. The molecule has 0 spiro atoms. The van der Waals surface area contributed by atoms with Crippen molar-refractivity contribution in [3.05, 3.63) is 151 Å². The van der Waals surface area contributed by atoms with Gasteiger partial charge < -0.3 is 15.0 Å². The number of halogens is 1. The van der Waals surface area contributed by atoms with Gasteiger partial charge in [-0.05, 0) is 96.7 Å². The molecule has 1 aliphatic heterocycles. The van der Waals surface area contributed by atoms with Gasteiger partial charge in [0, 0.05) is 17.1 Å². The van der Waals surface area contributed by atoms with E-state index in [1.54, 1.807) is 30.3 Å². The highest BCUT2D eigenvalue weighted by atomic mass is 35.5. The standard InChI is InChI=1S/C35H26ClN3O2S/c36-33-32(34(40)39(35(42)37-33)29-20-22-31(23-21-29)41-30-14-8-3-9-15-30)24-25-16-18-28(19-17-25)38(26-10-4-1-5-11-26)27-12-6-2-7-13-27/h1-24,33H,(H,37,42)/b32-24+. The molecule has 1 amide bonds. The molecular formula is C35H26ClN3O2S. The van der Waals surface area contributed by atoms with Crippen molar-refractivity contribution in [1.82, 2.24) is 5.32 Å². The van der Waals surface area contributed by atoms with Crippen molar-refractivity contribution in [2.45, 2.75) is 5.50 Å². The largest absolute Gasteiger partial charge is 0.457 e. The maximum Gasteiger partial charge on any atom is 0.263 e. The molecule has 1 aliphatic rings. The molecule has 5 nitrogen and oxygen atoms in total. The predicted octanol–water partition coefficient (Wildman–Crippen LogP) is 8.82. The average Bonchev–Trinajstić information content (AvgIpc) is 3.02. The van der Waals surface area contributed by atoms with Crippen LogP contribution in [0, 0.1) is 0 Å². The summed E-state index contributed by atoms with van der Waals surface area (Å²) in [5.41, 5.74) is 4.18. The molecule has 0 aromatic heterocycles. The van der Waals surface area contributed by atoms with Crippen molar-refractivity contribution in [2.24, 2.45) is 0 Å². The molecule has 1 fully saturated rings. The Bertz CT molecular complexity index is 1670. The van der Waals surface area contributed by atoms with Crippen molar-refractivity contribution >= 4 is 63.7 Å². The number of nitrogens with zero attached hydrogens (tertiary/aromatic N) is 2. The van der Waals surface area contributed by atoms with Crippen LogP contribution in [0.25, 0.3) is 6.08 Å². The summed E-state index contributed by atoms with van der Waals surface area (Å²) in [5.74, 6) is 1.10. The van der Waals surface area contributed by atoms with Gasteiger partial charge in [-0.25, -0.2) is 0 Å². The van der Waals surface area contributed by atoms with Crippen LogP contribution in [0.3, 0.4) is 0 Å². The lowest BCUT2D eigenvalue weighted by Crippen LogP contribution is -2.54. The number of rotatable bonds is 7. The maximum absolute atomic E-state index is 13.7. The van der Waals surface area contributed by atoms with Crippen LogP contribution >= 0.6 is 23.8 Å². The molecule has 6 rings (SSSR count). The molecule has 7 heteroatoms. The number of carbonyl (C=O) groups excluding carboxylic acids is 1. The lowest BCUT2D eigenvalue weighted by atomic mass is 10.1. The summed E-state index contributed by atoms with van der Waals surface area (Å²) < 4.78 is 5.89. The fourth-order valence-electron chi connectivity index (χ4n) is 4.74. The molecule has 42 heavy (non-hydrogen) atoms. The summed E-state index contributed by atoms with van der Waals surface area (Å²) in [7, 11) is 0. The van der Waals surface area contributed by atoms with Gasteiger partial charge in [0.1, 0.15) is 17.0 Å². The van der Waals surface area contributed by atoms with E-state index in [0.717, 1.165) is 28.4 Å². The van der Waals surface area contributed by atoms with Gasteiger partial charge in [-0.1, -0.05) is 78.3 Å². The first kappa shape index (κ1) is 27.3. The number of nitrogens with one attached hydrogen (secondary N) is 1. The number of alkyl halides is 1. The predicted molar refractivity (Wildman–Crippen MR) is 175 cm³/mol. The molecule has 0 saturated carbocycles. The zero-order valence-corrected chi connectivity index (χ0v) is 24.0. The molecule has 0 bridgehead atoms. The minimum absolute atomic E-state index is 0.241. The van der Waals surface area contributed by atoms with Gasteiger partial charge in [-0.15, -0.1) is 0 Å². The Morgan fingerprint density at radius 3 is 1.76 bits per heavy atom. The average molecular weight is 588 g/mol. The lowest BCUT2D eigenvalue weighted by molar-refractivity contribution is -0.114. The number of ether oxygens (including phenoxy) is 1. The molecule has 0 aliphatic carbocycles. The van der Waals surface area contributed by atoms with Crippen LogP contribution < -0.4 is 19.9 Å². The smallest absolute Gasteiger partial charge is 0.263 e. The summed E-state index contributed by atoms with van der Waals surface area (Å²) in [5, 5.41) is 3.29. The SMILES string of the molecule is O=C1/C(=C/c2ccc(N(c3ccccc3)c3ccccc3)cc2)C(Cl)NC(=S)N1c1ccc(Oc2ccccc2)cc1. The van der Waals surface area contributed by atoms with Crippen molar-refractivity contribution in [3.63, 3.8) is 0 Å². The first-order valence-electron chi connectivity index (χ1n) is 13.4. The highest BCUT2D eigenvalue weighted by molar-refractivity contribution is 7.80. The highest BCUT2D eigenvalue weighted by Crippen LogP contribution is 2.35. The van der Waals surface area contributed by atoms with E-state index in [0.29, 0.717) is 17.0 Å². The topological polar surface area (TPSA) is 44.8 Å². The monoisotopic (exact) mass is 587 g/mol. The van der Waals surface area contributed by atoms with Crippen LogP contribution in [0.4, 0.5) is 22.7 Å². The number of para-hydroxylation sites is 3. The second kappa shape index (κ2) is 12.3. The second-order valence-electron chi connectivity index (χ2n) is 9.56. The van der Waals surface area contributed by atoms with Gasteiger partial charge in [-0.2, -0.15) is 0 Å². The third-order valence-electron chi connectivity index (χ3n) is 6.75. The molecule has 1 atom stereocenters. The Morgan fingerprint density at radius 1 is 0.690 bits per heavy atom. The van der Waals surface area contributed by atoms with Crippen LogP contribution in [0.2, 0.25) is 0 Å². The Kier molecular flexibility index (Phi) is 7.99. The maximum atomic E-state index is 13.7. The summed E-state index contributed by atoms with van der Waals surface area (Å²) in [6.45, 7) is 0. The van der Waals surface area contributed by atoms with Gasteiger partial charge in [0.25, 0.3) is 5.91 Å². The van der Waals surface area contributed by atoms with Crippen molar-refractivity contribution < 1.29 is 9.53 Å². The Hall–Kier alpha value is -4.91. The van der Waals surface area contributed by atoms with Crippen LogP contribution in [-0.2, 0) is 4.79 Å². The van der Waals surface area contributed by atoms with E-state index in [1.165, 1.54) is 4.90 Å². The molecule has 1 N–H and O–H groups in total. The lowest BCUT2D eigenvalue weighted by Gasteiger charge is -2.33. The van der Waals surface area contributed by atoms with Gasteiger partial charge in [-0.3, -0.25) is 9.69 Å². The summed E-state index contributed by atoms with van der Waals surface area (Å²) in [6.07, 6.45) is 1.80. The molecule has 5 aromatic carbocycles. The fourth-order valence-corrected chi connectivity index (χ4v) is 5.37. The first-order valence-corrected chi connectivity index (χ1v) is 14.3. The number of carbonyl (C=O) groups is 1. The number of benzene rings is 5. The van der Waals surface area contributed by atoms with Gasteiger partial charge >= 0.3 is 0 Å². The Labute approximate surface area is 255 Å². The van der Waals surface area contributed by atoms with Crippen molar-refractivity contribution in [1.29, 1.82) is 0 Å². The summed E-state index contributed by atoms with van der Waals surface area (Å²) in [4.78, 5) is 17.3. The molecule has 1 heterocycles. The summed E-state index contributed by atoms with van der Waals surface area (Å²) >= 11 is 12.1. The minimum Gasteiger partial charge on any atom is -0.457 e. The van der Waals surface area contributed by atoms with Crippen LogP contribution in [0.1, 0.15) is 5.56 Å². The Morgan fingerprint density at radius 2 is 1.19 bits per heavy atom. The van der Waals surface area contributed by atoms with E-state index in [1.807, 2.05) is 91.0 Å². The van der Waals surface area contributed by atoms with Crippen LogP contribution in [-0.4, -0.2) is 16.5 Å². The highest BCUT2D eigenvalue weighted by Gasteiger charge is 2.34. The van der Waals surface area contributed by atoms with E-state index in [-0.39, 0.29) is 11.0 Å². The zero-order valence-electron chi connectivity index (χ0n) is 22.4. The molecular weight excluding hydrogens is 562 g/mol. The van der Waals surface area contributed by atoms with E-state index < -0.39 is 5.50 Å². The van der Waals surface area contributed by atoms with E-state index in [2.05, 4.69) is 34.5 Å². The third kappa shape index (κ3) is 5.91. The molecule has 1 saturated heterocycles. The number of anilines is 4.